The van der Waals surface area contributed by atoms with E-state index in [0.717, 1.165) is 18.6 Å². The molecule has 3 heteroatoms. The fourth-order valence-electron chi connectivity index (χ4n) is 2.15. The van der Waals surface area contributed by atoms with Crippen molar-refractivity contribution in [1.82, 2.24) is 0 Å². The molecule has 0 saturated heterocycles. The topological polar surface area (TPSA) is 35.5 Å². The molecule has 1 aromatic carbocycles. The Hall–Kier alpha value is -1.35. The highest BCUT2D eigenvalue weighted by atomic mass is 16.5. The summed E-state index contributed by atoms with van der Waals surface area (Å²) in [6.07, 6.45) is 2.20. The van der Waals surface area contributed by atoms with Gasteiger partial charge in [-0.3, -0.25) is 4.79 Å². The number of hydrogen-bond acceptors (Lipinski definition) is 3. The van der Waals surface area contributed by atoms with Gasteiger partial charge >= 0.3 is 0 Å². The summed E-state index contributed by atoms with van der Waals surface area (Å²) in [5, 5.41) is 0. The van der Waals surface area contributed by atoms with Gasteiger partial charge in [0, 0.05) is 13.0 Å². The van der Waals surface area contributed by atoms with Gasteiger partial charge in [0.2, 0.25) is 0 Å². The summed E-state index contributed by atoms with van der Waals surface area (Å²) in [5.41, 5.74) is 1.32. The summed E-state index contributed by atoms with van der Waals surface area (Å²) in [6, 6.07) is 8.09. The van der Waals surface area contributed by atoms with Crippen molar-refractivity contribution in [3.8, 4) is 5.75 Å². The van der Waals surface area contributed by atoms with Crippen LogP contribution in [-0.4, -0.2) is 24.6 Å². The van der Waals surface area contributed by atoms with Crippen LogP contribution in [-0.2, 0) is 16.0 Å². The largest absolute Gasteiger partial charge is 0.487 e. The van der Waals surface area contributed by atoms with E-state index in [-0.39, 0.29) is 18.0 Å². The lowest BCUT2D eigenvalue weighted by atomic mass is 9.90. The van der Waals surface area contributed by atoms with Crippen LogP contribution >= 0.6 is 0 Å². The van der Waals surface area contributed by atoms with Crippen molar-refractivity contribution in [2.75, 3.05) is 6.61 Å². The maximum atomic E-state index is 11.4. The SMILES string of the molecule is CCCc1ccc(OC2CC(=O)C2OCC)cc1. The number of carbonyl (C=O) groups excluding carboxylic acids is 1. The first-order valence-corrected chi connectivity index (χ1v) is 6.64. The van der Waals surface area contributed by atoms with Gasteiger partial charge in [-0.1, -0.05) is 25.5 Å². The molecule has 3 nitrogen and oxygen atoms in total. The third-order valence-electron chi connectivity index (χ3n) is 3.15. The summed E-state index contributed by atoms with van der Waals surface area (Å²) < 4.78 is 11.1. The molecule has 0 bridgehead atoms. The summed E-state index contributed by atoms with van der Waals surface area (Å²) in [6.45, 7) is 4.60. The van der Waals surface area contributed by atoms with Crippen LogP contribution in [0.4, 0.5) is 0 Å². The van der Waals surface area contributed by atoms with E-state index in [1.165, 1.54) is 5.56 Å². The number of Topliss-reactive ketones (excluding diaryl/α,β-unsaturated/α-hetero) is 1. The van der Waals surface area contributed by atoms with E-state index in [9.17, 15) is 4.79 Å². The predicted molar refractivity (Wildman–Crippen MR) is 69.9 cm³/mol. The van der Waals surface area contributed by atoms with E-state index < -0.39 is 0 Å². The van der Waals surface area contributed by atoms with Gasteiger partial charge in [-0.2, -0.15) is 0 Å². The van der Waals surface area contributed by atoms with Gasteiger partial charge in [0.15, 0.2) is 11.9 Å². The lowest BCUT2D eigenvalue weighted by Crippen LogP contribution is -2.52. The van der Waals surface area contributed by atoms with Crippen molar-refractivity contribution < 1.29 is 14.3 Å². The van der Waals surface area contributed by atoms with Crippen LogP contribution < -0.4 is 4.74 Å². The Kier molecular flexibility index (Phi) is 4.37. The molecule has 1 aliphatic carbocycles. The average molecular weight is 248 g/mol. The molecule has 98 valence electrons. The molecule has 0 spiro atoms. The Morgan fingerprint density at radius 2 is 1.94 bits per heavy atom. The summed E-state index contributed by atoms with van der Waals surface area (Å²) in [7, 11) is 0. The molecule has 1 saturated carbocycles. The number of ketones is 1. The fraction of sp³-hybridized carbons (Fsp3) is 0.533. The molecule has 2 atom stereocenters. The monoisotopic (exact) mass is 248 g/mol. The molecule has 18 heavy (non-hydrogen) atoms. The van der Waals surface area contributed by atoms with Crippen molar-refractivity contribution in [3.63, 3.8) is 0 Å². The van der Waals surface area contributed by atoms with Crippen LogP contribution in [0.25, 0.3) is 0 Å². The maximum Gasteiger partial charge on any atom is 0.169 e. The van der Waals surface area contributed by atoms with Crippen LogP contribution in [0.15, 0.2) is 24.3 Å². The molecular formula is C15H20O3. The molecule has 1 fully saturated rings. The van der Waals surface area contributed by atoms with Crippen LogP contribution in [0.5, 0.6) is 5.75 Å². The van der Waals surface area contributed by atoms with Gasteiger partial charge in [0.25, 0.3) is 0 Å². The van der Waals surface area contributed by atoms with Crippen molar-refractivity contribution in [2.24, 2.45) is 0 Å². The van der Waals surface area contributed by atoms with Gasteiger partial charge < -0.3 is 9.47 Å². The standard InChI is InChI=1S/C15H20O3/c1-3-5-11-6-8-12(9-7-11)18-14-10-13(16)15(14)17-4-2/h6-9,14-15H,3-5,10H2,1-2H3. The molecule has 0 aliphatic heterocycles. The molecule has 1 aromatic rings. The third kappa shape index (κ3) is 2.91. The van der Waals surface area contributed by atoms with E-state index in [1.54, 1.807) is 0 Å². The van der Waals surface area contributed by atoms with Gasteiger partial charge in [-0.05, 0) is 31.0 Å². The Balaban J connectivity index is 1.91. The van der Waals surface area contributed by atoms with E-state index in [0.29, 0.717) is 13.0 Å². The zero-order valence-electron chi connectivity index (χ0n) is 11.0. The van der Waals surface area contributed by atoms with Gasteiger partial charge in [-0.25, -0.2) is 0 Å². The second kappa shape index (κ2) is 6.01. The minimum absolute atomic E-state index is 0.116. The molecule has 0 aromatic heterocycles. The number of carbonyl (C=O) groups is 1. The molecule has 0 radical (unpaired) electrons. The van der Waals surface area contributed by atoms with Gasteiger partial charge in [0.1, 0.15) is 11.9 Å². The predicted octanol–water partition coefficient (Wildman–Crippen LogP) is 2.76. The highest BCUT2D eigenvalue weighted by Gasteiger charge is 2.42. The third-order valence-corrected chi connectivity index (χ3v) is 3.15. The highest BCUT2D eigenvalue weighted by Crippen LogP contribution is 2.26. The van der Waals surface area contributed by atoms with Crippen LogP contribution in [0.3, 0.4) is 0 Å². The quantitative estimate of drug-likeness (QED) is 0.776. The van der Waals surface area contributed by atoms with Crippen LogP contribution in [0.1, 0.15) is 32.3 Å². The second-order valence-electron chi connectivity index (χ2n) is 4.60. The van der Waals surface area contributed by atoms with Crippen molar-refractivity contribution in [2.45, 2.75) is 45.3 Å². The normalized spacial score (nSPS) is 22.7. The number of ether oxygens (including phenoxy) is 2. The molecule has 0 amide bonds. The average Bonchev–Trinajstić information content (AvgIpc) is 2.38. The van der Waals surface area contributed by atoms with Gasteiger partial charge in [0.05, 0.1) is 0 Å². The number of rotatable bonds is 6. The number of benzene rings is 1. The first-order valence-electron chi connectivity index (χ1n) is 6.64. The Morgan fingerprint density at radius 1 is 1.22 bits per heavy atom. The molecule has 0 heterocycles. The maximum absolute atomic E-state index is 11.4. The summed E-state index contributed by atoms with van der Waals surface area (Å²) in [5.74, 6) is 0.960. The summed E-state index contributed by atoms with van der Waals surface area (Å²) >= 11 is 0. The van der Waals surface area contributed by atoms with E-state index in [2.05, 4.69) is 19.1 Å². The Labute approximate surface area is 108 Å². The first kappa shape index (κ1) is 13.1. The minimum Gasteiger partial charge on any atom is -0.487 e. The molecule has 0 N–H and O–H groups in total. The lowest BCUT2D eigenvalue weighted by Gasteiger charge is -2.34. The van der Waals surface area contributed by atoms with Crippen LogP contribution in [0.2, 0.25) is 0 Å². The zero-order chi connectivity index (χ0) is 13.0. The van der Waals surface area contributed by atoms with Crippen molar-refractivity contribution in [3.05, 3.63) is 29.8 Å². The number of hydrogen-bond donors (Lipinski definition) is 0. The highest BCUT2D eigenvalue weighted by molar-refractivity contribution is 5.90. The van der Waals surface area contributed by atoms with E-state index >= 15 is 0 Å². The molecule has 2 unspecified atom stereocenters. The zero-order valence-corrected chi connectivity index (χ0v) is 11.0. The van der Waals surface area contributed by atoms with E-state index in [4.69, 9.17) is 9.47 Å². The molecular weight excluding hydrogens is 228 g/mol. The Morgan fingerprint density at radius 3 is 2.50 bits per heavy atom. The Bertz CT molecular complexity index is 397. The lowest BCUT2D eigenvalue weighted by molar-refractivity contribution is -0.154. The molecule has 1 aliphatic rings. The van der Waals surface area contributed by atoms with Crippen molar-refractivity contribution >= 4 is 5.78 Å². The number of aryl methyl sites for hydroxylation is 1. The minimum atomic E-state index is -0.370. The smallest absolute Gasteiger partial charge is 0.169 e. The first-order chi connectivity index (χ1) is 8.74. The van der Waals surface area contributed by atoms with E-state index in [1.807, 2.05) is 19.1 Å². The van der Waals surface area contributed by atoms with Crippen LogP contribution in [0, 0.1) is 0 Å². The second-order valence-corrected chi connectivity index (χ2v) is 4.60. The molecule has 2 rings (SSSR count). The van der Waals surface area contributed by atoms with Gasteiger partial charge in [-0.15, -0.1) is 0 Å². The fourth-order valence-corrected chi connectivity index (χ4v) is 2.15. The summed E-state index contributed by atoms with van der Waals surface area (Å²) in [4.78, 5) is 11.4. The van der Waals surface area contributed by atoms with Crippen molar-refractivity contribution in [1.29, 1.82) is 0 Å².